The van der Waals surface area contributed by atoms with Gasteiger partial charge in [-0.15, -0.1) is 0 Å². The van der Waals surface area contributed by atoms with Gasteiger partial charge < -0.3 is 4.90 Å². The molecular formula is C21H24FN3O2. The van der Waals surface area contributed by atoms with Crippen LogP contribution in [-0.2, 0) is 9.59 Å². The van der Waals surface area contributed by atoms with E-state index < -0.39 is 0 Å². The molecule has 1 aromatic carbocycles. The van der Waals surface area contributed by atoms with Crippen LogP contribution in [0.2, 0.25) is 0 Å². The summed E-state index contributed by atoms with van der Waals surface area (Å²) in [5, 5.41) is 0. The lowest BCUT2D eigenvalue weighted by molar-refractivity contribution is -0.143. The molecule has 2 saturated heterocycles. The van der Waals surface area contributed by atoms with E-state index in [4.69, 9.17) is 0 Å². The molecule has 4 aliphatic rings. The summed E-state index contributed by atoms with van der Waals surface area (Å²) in [5.74, 6) is 0.133. The van der Waals surface area contributed by atoms with Crippen LogP contribution in [0, 0.1) is 29.5 Å². The van der Waals surface area contributed by atoms with Crippen molar-refractivity contribution in [2.75, 3.05) is 37.7 Å². The number of halogens is 1. The van der Waals surface area contributed by atoms with Crippen molar-refractivity contribution in [3.8, 4) is 0 Å². The summed E-state index contributed by atoms with van der Waals surface area (Å²) in [7, 11) is 0. The normalized spacial score (nSPS) is 33.0. The third-order valence-corrected chi connectivity index (χ3v) is 6.88. The lowest BCUT2D eigenvalue weighted by Crippen LogP contribution is -2.51. The zero-order valence-electron chi connectivity index (χ0n) is 15.5. The third-order valence-electron chi connectivity index (χ3n) is 6.88. The third kappa shape index (κ3) is 2.61. The van der Waals surface area contributed by atoms with Crippen LogP contribution in [-0.4, -0.2) is 54.5 Å². The molecular weight excluding hydrogens is 345 g/mol. The molecule has 2 amide bonds. The summed E-state index contributed by atoms with van der Waals surface area (Å²) in [6.45, 7) is 5.68. The first-order valence-corrected chi connectivity index (χ1v) is 9.79. The number of piperazine rings is 1. The monoisotopic (exact) mass is 369 g/mol. The van der Waals surface area contributed by atoms with Crippen LogP contribution < -0.4 is 4.90 Å². The first-order valence-electron chi connectivity index (χ1n) is 9.79. The lowest BCUT2D eigenvalue weighted by atomic mass is 9.82. The molecule has 0 aromatic heterocycles. The van der Waals surface area contributed by atoms with Crippen molar-refractivity contribution in [2.45, 2.75) is 13.3 Å². The van der Waals surface area contributed by atoms with Gasteiger partial charge in [-0.05, 0) is 49.4 Å². The molecule has 0 radical (unpaired) electrons. The van der Waals surface area contributed by atoms with Crippen LogP contribution in [0.5, 0.6) is 0 Å². The number of rotatable bonds is 3. The Bertz CT molecular complexity index is 813. The van der Waals surface area contributed by atoms with Crippen molar-refractivity contribution >= 4 is 17.5 Å². The number of amides is 2. The van der Waals surface area contributed by atoms with E-state index in [0.29, 0.717) is 6.67 Å². The Hall–Kier alpha value is -2.21. The van der Waals surface area contributed by atoms with Gasteiger partial charge in [0.1, 0.15) is 5.82 Å². The minimum atomic E-state index is -0.229. The predicted molar refractivity (Wildman–Crippen MR) is 99.2 cm³/mol. The molecule has 142 valence electrons. The van der Waals surface area contributed by atoms with Crippen molar-refractivity contribution in [2.24, 2.45) is 23.7 Å². The van der Waals surface area contributed by atoms with Crippen LogP contribution in [0.25, 0.3) is 0 Å². The zero-order valence-corrected chi connectivity index (χ0v) is 15.5. The van der Waals surface area contributed by atoms with Gasteiger partial charge in [0.05, 0.1) is 18.5 Å². The number of anilines is 1. The van der Waals surface area contributed by atoms with Crippen molar-refractivity contribution in [1.29, 1.82) is 0 Å². The van der Waals surface area contributed by atoms with E-state index in [2.05, 4.69) is 22.8 Å². The van der Waals surface area contributed by atoms with Crippen LogP contribution in [0.4, 0.5) is 10.1 Å². The van der Waals surface area contributed by atoms with Crippen LogP contribution >= 0.6 is 0 Å². The molecule has 4 unspecified atom stereocenters. The molecule has 2 aliphatic carbocycles. The van der Waals surface area contributed by atoms with E-state index in [1.165, 1.54) is 22.6 Å². The summed E-state index contributed by atoms with van der Waals surface area (Å²) in [6.07, 6.45) is 3.19. The molecule has 3 fully saturated rings. The van der Waals surface area contributed by atoms with E-state index in [-0.39, 0.29) is 41.3 Å². The van der Waals surface area contributed by atoms with E-state index in [1.807, 2.05) is 0 Å². The van der Waals surface area contributed by atoms with Gasteiger partial charge in [-0.2, -0.15) is 0 Å². The number of benzene rings is 1. The molecule has 0 N–H and O–H groups in total. The van der Waals surface area contributed by atoms with Crippen molar-refractivity contribution in [1.82, 2.24) is 9.80 Å². The summed E-state index contributed by atoms with van der Waals surface area (Å²) in [6, 6.07) is 6.55. The van der Waals surface area contributed by atoms with E-state index in [0.717, 1.165) is 38.3 Å². The Morgan fingerprint density at radius 2 is 1.67 bits per heavy atom. The Balaban J connectivity index is 1.22. The SMILES string of the molecule is CC1=CC2CC1C1C(=O)N(CN3CCN(c4ccc(F)cc4)CC3)C(=O)C21. The minimum absolute atomic E-state index is 0.0298. The number of carbonyl (C=O) groups excluding carboxylic acids is 2. The summed E-state index contributed by atoms with van der Waals surface area (Å²) < 4.78 is 13.1. The number of nitrogens with zero attached hydrogens (tertiary/aromatic N) is 3. The smallest absolute Gasteiger partial charge is 0.234 e. The fourth-order valence-electron chi connectivity index (χ4n) is 5.47. The van der Waals surface area contributed by atoms with Crippen molar-refractivity contribution < 1.29 is 14.0 Å². The van der Waals surface area contributed by atoms with Gasteiger partial charge in [-0.1, -0.05) is 11.6 Å². The number of likely N-dealkylation sites (tertiary alicyclic amines) is 1. The van der Waals surface area contributed by atoms with Gasteiger partial charge in [0, 0.05) is 31.9 Å². The maximum atomic E-state index is 13.1. The molecule has 2 bridgehead atoms. The summed E-state index contributed by atoms with van der Waals surface area (Å²) in [4.78, 5) is 31.7. The number of hydrogen-bond donors (Lipinski definition) is 0. The number of fused-ring (bicyclic) bond motifs is 5. The fraction of sp³-hybridized carbons (Fsp3) is 0.524. The molecule has 5 nitrogen and oxygen atoms in total. The highest BCUT2D eigenvalue weighted by atomic mass is 19.1. The van der Waals surface area contributed by atoms with E-state index in [9.17, 15) is 14.0 Å². The average Bonchev–Trinajstić information content (AvgIpc) is 3.30. The molecule has 2 aliphatic heterocycles. The highest BCUT2D eigenvalue weighted by molar-refractivity contribution is 6.06. The first-order chi connectivity index (χ1) is 13.0. The van der Waals surface area contributed by atoms with E-state index in [1.54, 1.807) is 12.1 Å². The number of hydrogen-bond acceptors (Lipinski definition) is 4. The number of allylic oxidation sites excluding steroid dienone is 2. The molecule has 6 heteroatoms. The second kappa shape index (κ2) is 6.16. The maximum Gasteiger partial charge on any atom is 0.234 e. The highest BCUT2D eigenvalue weighted by Crippen LogP contribution is 2.55. The topological polar surface area (TPSA) is 43.9 Å². The first kappa shape index (κ1) is 16.9. The molecule has 4 atom stereocenters. The van der Waals surface area contributed by atoms with Crippen LogP contribution in [0.15, 0.2) is 35.9 Å². The van der Waals surface area contributed by atoms with Gasteiger partial charge in [0.2, 0.25) is 11.8 Å². The van der Waals surface area contributed by atoms with Crippen molar-refractivity contribution in [3.63, 3.8) is 0 Å². The Kier molecular flexibility index (Phi) is 3.86. The predicted octanol–water partition coefficient (Wildman–Crippen LogP) is 2.10. The molecule has 1 aromatic rings. The number of imide groups is 1. The minimum Gasteiger partial charge on any atom is -0.369 e. The summed E-state index contributed by atoms with van der Waals surface area (Å²) >= 11 is 0. The fourth-order valence-corrected chi connectivity index (χ4v) is 5.47. The molecule has 5 rings (SSSR count). The Morgan fingerprint density at radius 3 is 2.37 bits per heavy atom. The van der Waals surface area contributed by atoms with Crippen LogP contribution in [0.3, 0.4) is 0 Å². The second-order valence-corrected chi connectivity index (χ2v) is 8.30. The second-order valence-electron chi connectivity index (χ2n) is 8.30. The Morgan fingerprint density at radius 1 is 1.00 bits per heavy atom. The van der Waals surface area contributed by atoms with Gasteiger partial charge in [0.15, 0.2) is 0 Å². The zero-order chi connectivity index (χ0) is 18.7. The molecule has 27 heavy (non-hydrogen) atoms. The molecule has 1 saturated carbocycles. The standard InChI is InChI=1S/C21H24FN3O2/c1-13-10-14-11-17(13)19-18(14)20(26)25(21(19)27)12-23-6-8-24(9-7-23)16-4-2-15(22)3-5-16/h2-5,10,14,17-19H,6-9,11-12H2,1H3. The van der Waals surface area contributed by atoms with Crippen LogP contribution in [0.1, 0.15) is 13.3 Å². The van der Waals surface area contributed by atoms with E-state index >= 15 is 0 Å². The summed E-state index contributed by atoms with van der Waals surface area (Å²) in [5.41, 5.74) is 2.30. The molecule has 0 spiro atoms. The van der Waals surface area contributed by atoms with Gasteiger partial charge >= 0.3 is 0 Å². The Labute approximate surface area is 158 Å². The van der Waals surface area contributed by atoms with Gasteiger partial charge in [0.25, 0.3) is 0 Å². The quantitative estimate of drug-likeness (QED) is 0.605. The highest BCUT2D eigenvalue weighted by Gasteiger charge is 2.60. The van der Waals surface area contributed by atoms with Gasteiger partial charge in [-0.3, -0.25) is 19.4 Å². The number of carbonyl (C=O) groups is 2. The maximum absolute atomic E-state index is 13.1. The average molecular weight is 369 g/mol. The lowest BCUT2D eigenvalue weighted by Gasteiger charge is -2.37. The molecule has 2 heterocycles. The van der Waals surface area contributed by atoms with Crippen molar-refractivity contribution in [3.05, 3.63) is 41.7 Å². The largest absolute Gasteiger partial charge is 0.369 e. The van der Waals surface area contributed by atoms with Gasteiger partial charge in [-0.25, -0.2) is 4.39 Å².